The van der Waals surface area contributed by atoms with Crippen molar-refractivity contribution in [1.82, 2.24) is 5.32 Å². The number of phenols is 1. The molecule has 0 bridgehead atoms. The van der Waals surface area contributed by atoms with Gasteiger partial charge < -0.3 is 15.2 Å². The van der Waals surface area contributed by atoms with Gasteiger partial charge in [0.2, 0.25) is 5.91 Å². The maximum atomic E-state index is 10.6. The molecular weight excluding hydrogens is 309 g/mol. The van der Waals surface area contributed by atoms with Crippen molar-refractivity contribution in [3.05, 3.63) is 28.2 Å². The maximum Gasteiger partial charge on any atom is 0.220 e. The summed E-state index contributed by atoms with van der Waals surface area (Å²) >= 11 is 2.08. The van der Waals surface area contributed by atoms with E-state index in [1.54, 1.807) is 12.1 Å². The van der Waals surface area contributed by atoms with Crippen molar-refractivity contribution in [2.45, 2.75) is 6.54 Å². The SMILES string of the molecule is [CH2]C(=O)NCc1cc(OC)c(O)cc1I. The minimum Gasteiger partial charge on any atom is -0.504 e. The fourth-order valence-corrected chi connectivity index (χ4v) is 1.72. The number of benzene rings is 1. The fraction of sp³-hybridized carbons (Fsp3) is 0.200. The second-order valence-electron chi connectivity index (χ2n) is 2.89. The first-order valence-electron chi connectivity index (χ1n) is 4.19. The summed E-state index contributed by atoms with van der Waals surface area (Å²) in [6.07, 6.45) is 0. The number of ether oxygens (including phenoxy) is 1. The van der Waals surface area contributed by atoms with Crippen molar-refractivity contribution in [2.75, 3.05) is 7.11 Å². The first kappa shape index (κ1) is 12.1. The molecule has 4 nitrogen and oxygen atoms in total. The van der Waals surface area contributed by atoms with Gasteiger partial charge in [-0.2, -0.15) is 0 Å². The first-order valence-corrected chi connectivity index (χ1v) is 5.27. The zero-order chi connectivity index (χ0) is 11.4. The molecule has 1 rings (SSSR count). The molecule has 0 aromatic heterocycles. The van der Waals surface area contributed by atoms with E-state index in [0.29, 0.717) is 12.3 Å². The predicted octanol–water partition coefficient (Wildman–Crippen LogP) is 1.46. The largest absolute Gasteiger partial charge is 0.504 e. The lowest BCUT2D eigenvalue weighted by molar-refractivity contribution is -0.116. The summed E-state index contributed by atoms with van der Waals surface area (Å²) in [6, 6.07) is 3.27. The summed E-state index contributed by atoms with van der Waals surface area (Å²) in [5, 5.41) is 12.0. The number of aromatic hydroxyl groups is 1. The van der Waals surface area contributed by atoms with Gasteiger partial charge in [0, 0.05) is 17.0 Å². The predicted molar refractivity (Wildman–Crippen MR) is 64.6 cm³/mol. The van der Waals surface area contributed by atoms with Crippen LogP contribution >= 0.6 is 22.6 Å². The Morgan fingerprint density at radius 3 is 2.87 bits per heavy atom. The number of amides is 1. The van der Waals surface area contributed by atoms with E-state index in [9.17, 15) is 9.90 Å². The van der Waals surface area contributed by atoms with Crippen molar-refractivity contribution in [2.24, 2.45) is 0 Å². The molecule has 1 aromatic carbocycles. The van der Waals surface area contributed by atoms with E-state index in [0.717, 1.165) is 9.13 Å². The Labute approximate surface area is 102 Å². The van der Waals surface area contributed by atoms with E-state index >= 15 is 0 Å². The van der Waals surface area contributed by atoms with E-state index in [4.69, 9.17) is 4.74 Å². The molecule has 0 aliphatic heterocycles. The van der Waals surface area contributed by atoms with Gasteiger partial charge in [0.15, 0.2) is 11.5 Å². The van der Waals surface area contributed by atoms with E-state index < -0.39 is 0 Å². The summed E-state index contributed by atoms with van der Waals surface area (Å²) in [5.41, 5.74) is 0.877. The molecule has 15 heavy (non-hydrogen) atoms. The van der Waals surface area contributed by atoms with Crippen LogP contribution in [0.1, 0.15) is 5.56 Å². The molecule has 0 spiro atoms. The molecule has 1 aromatic rings. The van der Waals surface area contributed by atoms with Gasteiger partial charge in [-0.1, -0.05) is 0 Å². The highest BCUT2D eigenvalue weighted by Crippen LogP contribution is 2.30. The molecule has 0 saturated carbocycles. The molecular formula is C10H11INO3. The molecule has 0 saturated heterocycles. The molecule has 81 valence electrons. The van der Waals surface area contributed by atoms with E-state index in [1.807, 2.05) is 0 Å². The van der Waals surface area contributed by atoms with Crippen molar-refractivity contribution in [3.63, 3.8) is 0 Å². The number of carbonyl (C=O) groups is 1. The molecule has 0 aliphatic carbocycles. The minimum atomic E-state index is -0.335. The highest BCUT2D eigenvalue weighted by molar-refractivity contribution is 14.1. The van der Waals surface area contributed by atoms with Gasteiger partial charge in [-0.15, -0.1) is 0 Å². The second kappa shape index (κ2) is 5.20. The highest BCUT2D eigenvalue weighted by atomic mass is 127. The number of hydrogen-bond acceptors (Lipinski definition) is 3. The van der Waals surface area contributed by atoms with Crippen LogP contribution in [0.3, 0.4) is 0 Å². The lowest BCUT2D eigenvalue weighted by Gasteiger charge is -2.09. The molecule has 5 heteroatoms. The molecule has 2 N–H and O–H groups in total. The maximum absolute atomic E-state index is 10.6. The number of rotatable bonds is 3. The van der Waals surface area contributed by atoms with Gasteiger partial charge in [-0.25, -0.2) is 0 Å². The lowest BCUT2D eigenvalue weighted by Crippen LogP contribution is -2.19. The van der Waals surface area contributed by atoms with Crippen LogP contribution < -0.4 is 10.1 Å². The molecule has 0 aliphatic rings. The second-order valence-corrected chi connectivity index (χ2v) is 4.05. The Morgan fingerprint density at radius 2 is 2.33 bits per heavy atom. The van der Waals surface area contributed by atoms with Crippen LogP contribution in [0.2, 0.25) is 0 Å². The Kier molecular flexibility index (Phi) is 4.19. The lowest BCUT2D eigenvalue weighted by atomic mass is 10.2. The molecule has 0 heterocycles. The zero-order valence-corrected chi connectivity index (χ0v) is 10.4. The standard InChI is InChI=1S/C10H11INO3/c1-6(13)12-5-7-3-10(15-2)9(14)4-8(7)11/h3-4,14H,1,5H2,2H3,(H,12,13). The topological polar surface area (TPSA) is 58.6 Å². The Morgan fingerprint density at radius 1 is 1.67 bits per heavy atom. The van der Waals surface area contributed by atoms with Crippen molar-refractivity contribution >= 4 is 28.5 Å². The number of carbonyl (C=O) groups excluding carboxylic acids is 1. The van der Waals surface area contributed by atoms with Crippen LogP contribution in [0.4, 0.5) is 0 Å². The van der Waals surface area contributed by atoms with Gasteiger partial charge in [-0.3, -0.25) is 4.79 Å². The average molecular weight is 320 g/mol. The summed E-state index contributed by atoms with van der Waals surface area (Å²) in [6.45, 7) is 3.58. The van der Waals surface area contributed by atoms with E-state index in [1.165, 1.54) is 7.11 Å². The molecule has 0 unspecified atom stereocenters. The van der Waals surface area contributed by atoms with Gasteiger partial charge in [0.05, 0.1) is 7.11 Å². The van der Waals surface area contributed by atoms with Crippen molar-refractivity contribution < 1.29 is 14.6 Å². The quantitative estimate of drug-likeness (QED) is 0.829. The van der Waals surface area contributed by atoms with Gasteiger partial charge in [-0.05, 0) is 40.3 Å². The van der Waals surface area contributed by atoms with Gasteiger partial charge in [0.1, 0.15) is 0 Å². The number of hydrogen-bond donors (Lipinski definition) is 2. The summed E-state index contributed by atoms with van der Waals surface area (Å²) < 4.78 is 5.83. The molecule has 0 atom stereocenters. The minimum absolute atomic E-state index is 0.0894. The molecule has 0 fully saturated rings. The number of methoxy groups -OCH3 is 1. The van der Waals surface area contributed by atoms with Crippen LogP contribution in [0, 0.1) is 10.5 Å². The average Bonchev–Trinajstić information content (AvgIpc) is 2.16. The summed E-state index contributed by atoms with van der Waals surface area (Å²) in [4.78, 5) is 10.6. The fourth-order valence-electron chi connectivity index (χ4n) is 1.08. The third-order valence-corrected chi connectivity index (χ3v) is 2.83. The summed E-state index contributed by atoms with van der Waals surface area (Å²) in [7, 11) is 1.48. The normalized spacial score (nSPS) is 9.80. The first-order chi connectivity index (χ1) is 7.04. The van der Waals surface area contributed by atoms with Crippen molar-refractivity contribution in [1.29, 1.82) is 0 Å². The zero-order valence-electron chi connectivity index (χ0n) is 8.21. The van der Waals surface area contributed by atoms with Crippen LogP contribution in [-0.2, 0) is 11.3 Å². The van der Waals surface area contributed by atoms with Crippen LogP contribution in [0.25, 0.3) is 0 Å². The third kappa shape index (κ3) is 3.26. The van der Waals surface area contributed by atoms with Gasteiger partial charge in [0.25, 0.3) is 0 Å². The van der Waals surface area contributed by atoms with E-state index in [2.05, 4.69) is 34.8 Å². The van der Waals surface area contributed by atoms with Crippen molar-refractivity contribution in [3.8, 4) is 11.5 Å². The molecule has 1 amide bonds. The Bertz CT molecular complexity index is 379. The van der Waals surface area contributed by atoms with Crippen LogP contribution in [0.5, 0.6) is 11.5 Å². The molecule has 1 radical (unpaired) electrons. The Hall–Kier alpha value is -0.980. The van der Waals surface area contributed by atoms with Gasteiger partial charge >= 0.3 is 0 Å². The highest BCUT2D eigenvalue weighted by Gasteiger charge is 2.07. The number of phenolic OH excluding ortho intramolecular Hbond substituents is 1. The summed E-state index contributed by atoms with van der Waals surface area (Å²) in [5.74, 6) is 0.146. The number of nitrogens with one attached hydrogen (secondary N) is 1. The Balaban J connectivity index is 2.92. The van der Waals surface area contributed by atoms with E-state index in [-0.39, 0.29) is 11.7 Å². The van der Waals surface area contributed by atoms with Crippen LogP contribution in [-0.4, -0.2) is 18.1 Å². The number of halogens is 1. The monoisotopic (exact) mass is 320 g/mol. The van der Waals surface area contributed by atoms with Crippen LogP contribution in [0.15, 0.2) is 12.1 Å². The smallest absolute Gasteiger partial charge is 0.220 e. The third-order valence-electron chi connectivity index (χ3n) is 1.82.